The van der Waals surface area contributed by atoms with Gasteiger partial charge in [-0.25, -0.2) is 0 Å². The van der Waals surface area contributed by atoms with Gasteiger partial charge in [0.25, 0.3) is 0 Å². The van der Waals surface area contributed by atoms with E-state index < -0.39 is 5.97 Å². The maximum absolute atomic E-state index is 11.9. The smallest absolute Gasteiger partial charge is 0.323 e. The molecule has 0 aliphatic carbocycles. The summed E-state index contributed by atoms with van der Waals surface area (Å²) >= 11 is 0. The van der Waals surface area contributed by atoms with Crippen molar-refractivity contribution in [1.29, 1.82) is 0 Å². The van der Waals surface area contributed by atoms with E-state index in [-0.39, 0.29) is 18.9 Å². The maximum Gasteiger partial charge on any atom is 0.323 e. The number of nitrogens with zero attached hydrogens (tertiary/aromatic N) is 1. The SMILES string of the molecule is CCc1ccc(CC(=O)N(CC)CC(=O)O)cc1. The molecule has 0 saturated carbocycles. The number of likely N-dealkylation sites (N-methyl/N-ethyl adjacent to an activating group) is 1. The van der Waals surface area contributed by atoms with Crippen LogP contribution in [0.25, 0.3) is 0 Å². The van der Waals surface area contributed by atoms with Gasteiger partial charge in [0, 0.05) is 6.54 Å². The maximum atomic E-state index is 11.9. The van der Waals surface area contributed by atoms with Gasteiger partial charge < -0.3 is 10.0 Å². The molecule has 18 heavy (non-hydrogen) atoms. The van der Waals surface area contributed by atoms with Crippen LogP contribution in [-0.2, 0) is 22.4 Å². The number of carbonyl (C=O) groups is 2. The second-order valence-electron chi connectivity index (χ2n) is 4.15. The molecule has 1 N–H and O–H groups in total. The van der Waals surface area contributed by atoms with Gasteiger partial charge in [0.2, 0.25) is 5.91 Å². The van der Waals surface area contributed by atoms with Gasteiger partial charge >= 0.3 is 5.97 Å². The molecule has 1 amide bonds. The minimum atomic E-state index is -0.980. The first-order valence-corrected chi connectivity index (χ1v) is 6.14. The minimum Gasteiger partial charge on any atom is -0.480 e. The molecule has 0 fully saturated rings. The third-order valence-electron chi connectivity index (χ3n) is 2.85. The lowest BCUT2D eigenvalue weighted by Crippen LogP contribution is -2.36. The van der Waals surface area contributed by atoms with Gasteiger partial charge in [-0.2, -0.15) is 0 Å². The predicted molar refractivity (Wildman–Crippen MR) is 69.4 cm³/mol. The molecule has 4 heteroatoms. The number of carboxylic acids is 1. The molecule has 0 aromatic heterocycles. The van der Waals surface area contributed by atoms with Crippen molar-refractivity contribution in [3.8, 4) is 0 Å². The van der Waals surface area contributed by atoms with Crippen LogP contribution in [0.3, 0.4) is 0 Å². The molecule has 0 atom stereocenters. The van der Waals surface area contributed by atoms with E-state index in [0.717, 1.165) is 12.0 Å². The fraction of sp³-hybridized carbons (Fsp3) is 0.429. The molecule has 1 rings (SSSR count). The Hall–Kier alpha value is -1.84. The fourth-order valence-corrected chi connectivity index (χ4v) is 1.72. The Bertz CT molecular complexity index is 412. The van der Waals surface area contributed by atoms with Crippen molar-refractivity contribution in [1.82, 2.24) is 4.90 Å². The monoisotopic (exact) mass is 249 g/mol. The summed E-state index contributed by atoms with van der Waals surface area (Å²) in [5, 5.41) is 8.70. The highest BCUT2D eigenvalue weighted by Crippen LogP contribution is 2.07. The summed E-state index contributed by atoms with van der Waals surface area (Å²) in [7, 11) is 0. The van der Waals surface area contributed by atoms with Crippen LogP contribution in [0.15, 0.2) is 24.3 Å². The predicted octanol–water partition coefficient (Wildman–Crippen LogP) is 1.72. The summed E-state index contributed by atoms with van der Waals surface area (Å²) in [5.41, 5.74) is 2.14. The molecule has 0 heterocycles. The van der Waals surface area contributed by atoms with Crippen molar-refractivity contribution < 1.29 is 14.7 Å². The first-order chi connectivity index (χ1) is 8.56. The number of hydrogen-bond donors (Lipinski definition) is 1. The van der Waals surface area contributed by atoms with Gasteiger partial charge in [0.1, 0.15) is 6.54 Å². The second-order valence-corrected chi connectivity index (χ2v) is 4.15. The summed E-state index contributed by atoms with van der Waals surface area (Å²) in [6.07, 6.45) is 1.22. The number of benzene rings is 1. The molecule has 0 radical (unpaired) electrons. The summed E-state index contributed by atoms with van der Waals surface area (Å²) < 4.78 is 0. The first-order valence-electron chi connectivity index (χ1n) is 6.14. The van der Waals surface area contributed by atoms with Gasteiger partial charge in [-0.05, 0) is 24.5 Å². The zero-order valence-electron chi connectivity index (χ0n) is 10.8. The van der Waals surface area contributed by atoms with Gasteiger partial charge in [0.15, 0.2) is 0 Å². The molecule has 1 aromatic rings. The Morgan fingerprint density at radius 3 is 2.11 bits per heavy atom. The van der Waals surface area contributed by atoms with Crippen LogP contribution in [0.1, 0.15) is 25.0 Å². The Morgan fingerprint density at radius 2 is 1.67 bits per heavy atom. The Kier molecular flexibility index (Phi) is 5.36. The minimum absolute atomic E-state index is 0.149. The highest BCUT2D eigenvalue weighted by Gasteiger charge is 2.14. The van der Waals surface area contributed by atoms with Gasteiger partial charge in [-0.3, -0.25) is 9.59 Å². The van der Waals surface area contributed by atoms with Crippen LogP contribution in [-0.4, -0.2) is 35.0 Å². The van der Waals surface area contributed by atoms with Crippen LogP contribution >= 0.6 is 0 Å². The number of carbonyl (C=O) groups excluding carboxylic acids is 1. The molecular formula is C14H19NO3. The largest absolute Gasteiger partial charge is 0.480 e. The molecule has 0 aliphatic rings. The van der Waals surface area contributed by atoms with Crippen LogP contribution in [0, 0.1) is 0 Å². The highest BCUT2D eigenvalue weighted by atomic mass is 16.4. The van der Waals surface area contributed by atoms with Crippen LogP contribution in [0.5, 0.6) is 0 Å². The van der Waals surface area contributed by atoms with Crippen molar-refractivity contribution in [2.45, 2.75) is 26.7 Å². The van der Waals surface area contributed by atoms with Crippen molar-refractivity contribution in [3.05, 3.63) is 35.4 Å². The molecule has 4 nitrogen and oxygen atoms in total. The Labute approximate surface area is 107 Å². The summed E-state index contributed by atoms with van der Waals surface area (Å²) in [5.74, 6) is -1.13. The van der Waals surface area contributed by atoms with E-state index in [4.69, 9.17) is 5.11 Å². The molecular weight excluding hydrogens is 230 g/mol. The van der Waals surface area contributed by atoms with E-state index in [9.17, 15) is 9.59 Å². The lowest BCUT2D eigenvalue weighted by molar-refractivity contribution is -0.144. The van der Waals surface area contributed by atoms with Crippen LogP contribution in [0.4, 0.5) is 0 Å². The third kappa shape index (κ3) is 4.20. The van der Waals surface area contributed by atoms with Crippen molar-refractivity contribution in [3.63, 3.8) is 0 Å². The number of hydrogen-bond acceptors (Lipinski definition) is 2. The van der Waals surface area contributed by atoms with Crippen LogP contribution < -0.4 is 0 Å². The van der Waals surface area contributed by atoms with E-state index in [1.807, 2.05) is 24.3 Å². The zero-order valence-corrected chi connectivity index (χ0v) is 10.8. The normalized spacial score (nSPS) is 10.1. The number of amides is 1. The fourth-order valence-electron chi connectivity index (χ4n) is 1.72. The number of aryl methyl sites for hydroxylation is 1. The molecule has 0 bridgehead atoms. The Morgan fingerprint density at radius 1 is 1.11 bits per heavy atom. The van der Waals surface area contributed by atoms with E-state index >= 15 is 0 Å². The molecule has 98 valence electrons. The van der Waals surface area contributed by atoms with E-state index in [2.05, 4.69) is 6.92 Å². The molecule has 0 aliphatic heterocycles. The molecule has 0 saturated heterocycles. The van der Waals surface area contributed by atoms with E-state index in [0.29, 0.717) is 6.54 Å². The average molecular weight is 249 g/mol. The van der Waals surface area contributed by atoms with Gasteiger partial charge in [0.05, 0.1) is 6.42 Å². The van der Waals surface area contributed by atoms with E-state index in [1.165, 1.54) is 10.5 Å². The molecule has 0 unspecified atom stereocenters. The molecule has 1 aromatic carbocycles. The summed E-state index contributed by atoms with van der Waals surface area (Å²) in [6.45, 7) is 4.04. The lowest BCUT2D eigenvalue weighted by Gasteiger charge is -2.18. The van der Waals surface area contributed by atoms with E-state index in [1.54, 1.807) is 6.92 Å². The third-order valence-corrected chi connectivity index (χ3v) is 2.85. The Balaban J connectivity index is 2.64. The van der Waals surface area contributed by atoms with Gasteiger partial charge in [-0.1, -0.05) is 31.2 Å². The standard InChI is InChI=1S/C14H19NO3/c1-3-11-5-7-12(8-6-11)9-13(16)15(4-2)10-14(17)18/h5-8H,3-4,9-10H2,1-2H3,(H,17,18). The van der Waals surface area contributed by atoms with Gasteiger partial charge in [-0.15, -0.1) is 0 Å². The second kappa shape index (κ2) is 6.79. The van der Waals surface area contributed by atoms with Crippen LogP contribution in [0.2, 0.25) is 0 Å². The summed E-state index contributed by atoms with van der Waals surface area (Å²) in [4.78, 5) is 23.9. The van der Waals surface area contributed by atoms with Crippen molar-refractivity contribution >= 4 is 11.9 Å². The zero-order chi connectivity index (χ0) is 13.5. The lowest BCUT2D eigenvalue weighted by atomic mass is 10.1. The topological polar surface area (TPSA) is 57.6 Å². The number of carboxylic acid groups (broad SMARTS) is 1. The number of aliphatic carboxylic acids is 1. The van der Waals surface area contributed by atoms with Crippen molar-refractivity contribution in [2.24, 2.45) is 0 Å². The summed E-state index contributed by atoms with van der Waals surface area (Å²) in [6, 6.07) is 7.84. The van der Waals surface area contributed by atoms with Crippen molar-refractivity contribution in [2.75, 3.05) is 13.1 Å². The highest BCUT2D eigenvalue weighted by molar-refractivity contribution is 5.82. The quantitative estimate of drug-likeness (QED) is 0.835. The average Bonchev–Trinajstić information content (AvgIpc) is 2.36. The number of rotatable bonds is 6. The molecule has 0 spiro atoms. The first kappa shape index (κ1) is 14.2.